The predicted octanol–water partition coefficient (Wildman–Crippen LogP) is 3.16. The first kappa shape index (κ1) is 37.2. The van der Waals surface area contributed by atoms with E-state index in [0.29, 0.717) is 11.3 Å². The number of amides is 2. The number of sulfone groups is 1. The van der Waals surface area contributed by atoms with Crippen LogP contribution in [0.1, 0.15) is 32.2 Å². The SMILES string of the molecule is CC(C)(C)c1nnc(-c2cc3c(cc2F)S(=O)(=O)C[C@H](N)C(=O)N3Cc2ccc(OCC(N)=O)cc2)o1.OC(C(F)(F)F)C(F)(F)F. The number of ether oxygens (including phenoxy) is 1. The highest BCUT2D eigenvalue weighted by Crippen LogP contribution is 2.38. The zero-order chi connectivity index (χ0) is 35.7. The standard InChI is InChI=1S/C24H26FN5O6S.C3H2F6O/c1-24(2,3)23-29-28-21(36-23)15-8-18-19(9-16(15)25)37(33,34)12-17(26)22(32)30(18)10-13-4-6-14(7-5-13)35-11-20(27)31;4-2(5,6)1(10)3(7,8)9/h4-9,17H,10-12,26H2,1-3H3,(H2,27,31);1,10H/t17-;/m0./s1. The van der Waals surface area contributed by atoms with Gasteiger partial charge in [-0.15, -0.1) is 10.2 Å². The topological polar surface area (TPSA) is 192 Å². The van der Waals surface area contributed by atoms with Gasteiger partial charge in [0.2, 0.25) is 17.9 Å². The fourth-order valence-electron chi connectivity index (χ4n) is 3.90. The van der Waals surface area contributed by atoms with Crippen molar-refractivity contribution in [3.05, 3.63) is 53.7 Å². The summed E-state index contributed by atoms with van der Waals surface area (Å²) in [5.41, 5.74) is 10.9. The van der Waals surface area contributed by atoms with Crippen LogP contribution < -0.4 is 21.1 Å². The van der Waals surface area contributed by atoms with E-state index in [1.807, 2.05) is 20.8 Å². The molecule has 0 fully saturated rings. The molecule has 1 aliphatic heterocycles. The molecule has 4 rings (SSSR count). The summed E-state index contributed by atoms with van der Waals surface area (Å²) < 4.78 is 118. The molecular formula is C27H28F7N5O7S. The van der Waals surface area contributed by atoms with Gasteiger partial charge in [-0.2, -0.15) is 26.3 Å². The van der Waals surface area contributed by atoms with E-state index in [9.17, 15) is 44.3 Å². The molecule has 1 aliphatic rings. The third kappa shape index (κ3) is 9.16. The number of nitrogens with two attached hydrogens (primary N) is 2. The Bertz CT molecular complexity index is 1710. The van der Waals surface area contributed by atoms with Crippen molar-refractivity contribution in [2.75, 3.05) is 17.3 Å². The third-order valence-electron chi connectivity index (χ3n) is 6.22. The Morgan fingerprint density at radius 1 is 1.09 bits per heavy atom. The first-order valence-electron chi connectivity index (χ1n) is 13.2. The van der Waals surface area contributed by atoms with Crippen LogP contribution in [0.3, 0.4) is 0 Å². The van der Waals surface area contributed by atoms with Crippen LogP contribution in [-0.4, -0.2) is 72.4 Å². The normalized spacial score (nSPS) is 16.7. The number of hydrogen-bond donors (Lipinski definition) is 3. The maximum atomic E-state index is 15.2. The molecule has 0 saturated heterocycles. The van der Waals surface area contributed by atoms with Crippen molar-refractivity contribution in [1.82, 2.24) is 10.2 Å². The zero-order valence-corrected chi connectivity index (χ0v) is 25.5. The van der Waals surface area contributed by atoms with Gasteiger partial charge in [0, 0.05) is 5.41 Å². The number of halogens is 7. The van der Waals surface area contributed by atoms with Crippen LogP contribution in [0.25, 0.3) is 11.5 Å². The molecule has 0 unspecified atom stereocenters. The number of aliphatic hydroxyl groups is 1. The largest absolute Gasteiger partial charge is 0.484 e. The summed E-state index contributed by atoms with van der Waals surface area (Å²) in [6, 6.07) is 7.10. The van der Waals surface area contributed by atoms with Crippen LogP contribution in [0.15, 0.2) is 45.7 Å². The monoisotopic (exact) mass is 699 g/mol. The summed E-state index contributed by atoms with van der Waals surface area (Å²) in [5, 5.41) is 15.4. The van der Waals surface area contributed by atoms with Crippen LogP contribution in [-0.2, 0) is 31.4 Å². The maximum Gasteiger partial charge on any atom is 0.423 e. The summed E-state index contributed by atoms with van der Waals surface area (Å²) in [6.07, 6.45) is -15.5. The fourth-order valence-corrected chi connectivity index (χ4v) is 5.46. The first-order valence-corrected chi connectivity index (χ1v) is 14.9. The molecule has 1 aromatic heterocycles. The summed E-state index contributed by atoms with van der Waals surface area (Å²) in [5.74, 6) is -2.38. The van der Waals surface area contributed by atoms with Crippen molar-refractivity contribution in [3.8, 4) is 17.2 Å². The molecule has 1 atom stereocenters. The highest BCUT2D eigenvalue weighted by Gasteiger charge is 2.55. The second kappa shape index (κ2) is 13.4. The lowest BCUT2D eigenvalue weighted by atomic mass is 9.97. The number of aromatic nitrogens is 2. The molecule has 258 valence electrons. The van der Waals surface area contributed by atoms with Gasteiger partial charge in [0.25, 0.3) is 11.8 Å². The lowest BCUT2D eigenvalue weighted by molar-refractivity contribution is -0.308. The van der Waals surface area contributed by atoms with Crippen molar-refractivity contribution in [3.63, 3.8) is 0 Å². The minimum Gasteiger partial charge on any atom is -0.484 e. The Morgan fingerprint density at radius 3 is 2.13 bits per heavy atom. The van der Waals surface area contributed by atoms with Crippen molar-refractivity contribution in [2.24, 2.45) is 11.5 Å². The summed E-state index contributed by atoms with van der Waals surface area (Å²) in [7, 11) is -4.11. The Labute approximate surface area is 262 Å². The van der Waals surface area contributed by atoms with Crippen LogP contribution in [0, 0.1) is 5.82 Å². The van der Waals surface area contributed by atoms with Gasteiger partial charge in [-0.25, -0.2) is 12.8 Å². The van der Waals surface area contributed by atoms with Crippen LogP contribution >= 0.6 is 0 Å². The van der Waals surface area contributed by atoms with E-state index in [4.69, 9.17) is 25.7 Å². The Hall–Kier alpha value is -4.30. The van der Waals surface area contributed by atoms with Gasteiger partial charge in [-0.05, 0) is 29.8 Å². The molecule has 3 aromatic rings. The van der Waals surface area contributed by atoms with Gasteiger partial charge in [-0.1, -0.05) is 32.9 Å². The van der Waals surface area contributed by atoms with Gasteiger partial charge in [0.15, 0.2) is 16.4 Å². The van der Waals surface area contributed by atoms with E-state index >= 15 is 4.39 Å². The average Bonchev–Trinajstić information content (AvgIpc) is 3.43. The number of carbonyl (C=O) groups excluding carboxylic acids is 2. The molecular weight excluding hydrogens is 671 g/mol. The Balaban J connectivity index is 0.000000520. The second-order valence-corrected chi connectivity index (χ2v) is 13.2. The van der Waals surface area contributed by atoms with E-state index in [2.05, 4.69) is 10.2 Å². The van der Waals surface area contributed by atoms with Crippen LogP contribution in [0.4, 0.5) is 36.4 Å². The van der Waals surface area contributed by atoms with Crippen molar-refractivity contribution in [2.45, 2.75) is 62.1 Å². The average molecular weight is 700 g/mol. The molecule has 20 heteroatoms. The molecule has 0 spiro atoms. The van der Waals surface area contributed by atoms with Gasteiger partial charge in [0.05, 0.1) is 34.5 Å². The highest BCUT2D eigenvalue weighted by atomic mass is 32.2. The Kier molecular flexibility index (Phi) is 10.6. The number of rotatable bonds is 6. The maximum absolute atomic E-state index is 15.2. The molecule has 2 aromatic carbocycles. The Morgan fingerprint density at radius 2 is 1.66 bits per heavy atom. The quantitative estimate of drug-likeness (QED) is 0.322. The van der Waals surface area contributed by atoms with Gasteiger partial charge in [0.1, 0.15) is 11.6 Å². The van der Waals surface area contributed by atoms with E-state index in [1.54, 1.807) is 24.3 Å². The number of hydrogen-bond acceptors (Lipinski definition) is 10. The van der Waals surface area contributed by atoms with Crippen LogP contribution in [0.2, 0.25) is 0 Å². The molecule has 0 radical (unpaired) electrons. The number of nitrogens with zero attached hydrogens (tertiary/aromatic N) is 3. The van der Waals surface area contributed by atoms with Crippen molar-refractivity contribution >= 4 is 27.3 Å². The van der Waals surface area contributed by atoms with E-state index < -0.39 is 63.1 Å². The molecule has 0 saturated carbocycles. The van der Waals surface area contributed by atoms with Gasteiger partial charge < -0.3 is 30.6 Å². The van der Waals surface area contributed by atoms with Crippen molar-refractivity contribution in [1.29, 1.82) is 0 Å². The highest BCUT2D eigenvalue weighted by molar-refractivity contribution is 7.91. The van der Waals surface area contributed by atoms with E-state index in [-0.39, 0.29) is 41.1 Å². The number of benzene rings is 2. The second-order valence-electron chi connectivity index (χ2n) is 11.2. The van der Waals surface area contributed by atoms with E-state index in [1.165, 1.54) is 11.0 Å². The van der Waals surface area contributed by atoms with Gasteiger partial charge in [-0.3, -0.25) is 9.59 Å². The number of anilines is 1. The first-order chi connectivity index (χ1) is 21.4. The minimum atomic E-state index is -5.63. The summed E-state index contributed by atoms with van der Waals surface area (Å²) >= 11 is 0. The minimum absolute atomic E-state index is 0.0566. The molecule has 2 heterocycles. The molecule has 47 heavy (non-hydrogen) atoms. The van der Waals surface area contributed by atoms with Crippen molar-refractivity contribution < 1.29 is 63.0 Å². The predicted molar refractivity (Wildman–Crippen MR) is 149 cm³/mol. The van der Waals surface area contributed by atoms with Gasteiger partial charge >= 0.3 is 12.4 Å². The summed E-state index contributed by atoms with van der Waals surface area (Å²) in [6.45, 7) is 5.15. The fraction of sp³-hybridized carbons (Fsp3) is 0.407. The summed E-state index contributed by atoms with van der Waals surface area (Å²) in [4.78, 5) is 25.0. The zero-order valence-electron chi connectivity index (χ0n) is 24.7. The lowest BCUT2D eigenvalue weighted by Crippen LogP contribution is -2.45. The molecule has 0 aliphatic carbocycles. The number of primary amides is 1. The molecule has 0 bridgehead atoms. The molecule has 2 amide bonds. The number of fused-ring (bicyclic) bond motifs is 1. The van der Waals surface area contributed by atoms with Crippen LogP contribution in [0.5, 0.6) is 5.75 Å². The number of aliphatic hydroxyl groups excluding tert-OH is 1. The molecule has 5 N–H and O–H groups in total. The number of alkyl halides is 6. The third-order valence-corrected chi connectivity index (χ3v) is 8.01. The number of carbonyl (C=O) groups is 2. The lowest BCUT2D eigenvalue weighted by Gasteiger charge is -2.24. The van der Waals surface area contributed by atoms with E-state index in [0.717, 1.165) is 6.07 Å². The molecule has 12 nitrogen and oxygen atoms in total. The smallest absolute Gasteiger partial charge is 0.423 e.